The first-order valence-electron chi connectivity index (χ1n) is 6.47. The van der Waals surface area contributed by atoms with Gasteiger partial charge in [-0.3, -0.25) is 0 Å². The van der Waals surface area contributed by atoms with Gasteiger partial charge in [0.05, 0.1) is 13.2 Å². The van der Waals surface area contributed by atoms with Crippen LogP contribution in [0.4, 0.5) is 4.39 Å². The number of nitrogens with one attached hydrogen (secondary N) is 1. The third-order valence-corrected chi connectivity index (χ3v) is 3.40. The third kappa shape index (κ3) is 4.73. The molecule has 0 aliphatic carbocycles. The van der Waals surface area contributed by atoms with Gasteiger partial charge in [0.2, 0.25) is 0 Å². The predicted octanol–water partition coefficient (Wildman–Crippen LogP) is 2.26. The van der Waals surface area contributed by atoms with E-state index in [9.17, 15) is 4.39 Å². The number of ether oxygens (including phenoxy) is 1. The molecule has 0 spiro atoms. The molecule has 1 aromatic rings. The van der Waals surface area contributed by atoms with Gasteiger partial charge in [-0.2, -0.15) is 0 Å². The zero-order valence-corrected chi connectivity index (χ0v) is 11.7. The van der Waals surface area contributed by atoms with E-state index in [2.05, 4.69) is 5.32 Å². The molecule has 0 bridgehead atoms. The van der Waals surface area contributed by atoms with Gasteiger partial charge in [0.15, 0.2) is 0 Å². The van der Waals surface area contributed by atoms with Gasteiger partial charge in [-0.1, -0.05) is 18.2 Å². The highest BCUT2D eigenvalue weighted by Gasteiger charge is 2.13. The lowest BCUT2D eigenvalue weighted by Gasteiger charge is -2.22. The van der Waals surface area contributed by atoms with Gasteiger partial charge in [0, 0.05) is 17.7 Å². The van der Waals surface area contributed by atoms with E-state index >= 15 is 0 Å². The van der Waals surface area contributed by atoms with E-state index < -0.39 is 0 Å². The van der Waals surface area contributed by atoms with Crippen LogP contribution in [0.5, 0.6) is 0 Å². The summed E-state index contributed by atoms with van der Waals surface area (Å²) in [6.07, 6.45) is 2.25. The Labute approximate surface area is 119 Å². The molecular formula is C14H21ClFNO2. The van der Waals surface area contributed by atoms with Crippen LogP contribution in [-0.2, 0) is 18.0 Å². The van der Waals surface area contributed by atoms with Crippen LogP contribution in [0.15, 0.2) is 18.2 Å². The fraction of sp³-hybridized carbons (Fsp3) is 0.571. The molecule has 1 saturated heterocycles. The van der Waals surface area contributed by atoms with Crippen molar-refractivity contribution in [3.8, 4) is 0 Å². The van der Waals surface area contributed by atoms with Crippen LogP contribution in [0.25, 0.3) is 0 Å². The maximum absolute atomic E-state index is 13.8. The summed E-state index contributed by atoms with van der Waals surface area (Å²) in [5, 5.41) is 12.3. The molecule has 2 N–H and O–H groups in total. The van der Waals surface area contributed by atoms with Crippen molar-refractivity contribution in [1.82, 2.24) is 5.32 Å². The van der Waals surface area contributed by atoms with E-state index in [1.54, 1.807) is 18.2 Å². The molecule has 1 aliphatic rings. The van der Waals surface area contributed by atoms with Crippen molar-refractivity contribution in [2.45, 2.75) is 26.1 Å². The Morgan fingerprint density at radius 3 is 2.63 bits per heavy atom. The largest absolute Gasteiger partial charge is 0.392 e. The van der Waals surface area contributed by atoms with E-state index in [1.807, 2.05) is 0 Å². The summed E-state index contributed by atoms with van der Waals surface area (Å²) in [5.74, 6) is 0.237. The average Bonchev–Trinajstić information content (AvgIpc) is 2.42. The number of aliphatic hydroxyl groups excluding tert-OH is 1. The lowest BCUT2D eigenvalue weighted by Crippen LogP contribution is -2.29. The van der Waals surface area contributed by atoms with Crippen molar-refractivity contribution >= 4 is 12.4 Å². The minimum Gasteiger partial charge on any atom is -0.392 e. The van der Waals surface area contributed by atoms with Crippen molar-refractivity contribution in [3.63, 3.8) is 0 Å². The summed E-state index contributed by atoms with van der Waals surface area (Å²) in [6, 6.07) is 5.04. The normalized spacial score (nSPS) is 16.1. The molecule has 3 nitrogen and oxygen atoms in total. The first-order valence-corrected chi connectivity index (χ1v) is 6.47. The molecule has 0 radical (unpaired) electrons. The Morgan fingerprint density at radius 2 is 1.95 bits per heavy atom. The minimum atomic E-state index is -0.342. The summed E-state index contributed by atoms with van der Waals surface area (Å²) >= 11 is 0. The third-order valence-electron chi connectivity index (χ3n) is 3.40. The molecule has 1 aromatic carbocycles. The molecule has 5 heteroatoms. The Kier molecular flexibility index (Phi) is 7.31. The van der Waals surface area contributed by atoms with Gasteiger partial charge in [-0.25, -0.2) is 4.39 Å². The first kappa shape index (κ1) is 16.4. The number of aliphatic hydroxyl groups is 1. The first-order chi connectivity index (χ1) is 8.81. The average molecular weight is 290 g/mol. The van der Waals surface area contributed by atoms with Gasteiger partial charge in [-0.15, -0.1) is 12.4 Å². The van der Waals surface area contributed by atoms with E-state index in [4.69, 9.17) is 9.84 Å². The topological polar surface area (TPSA) is 41.5 Å². The molecule has 0 atom stereocenters. The van der Waals surface area contributed by atoms with Gasteiger partial charge in [0.1, 0.15) is 5.82 Å². The van der Waals surface area contributed by atoms with Crippen molar-refractivity contribution in [3.05, 3.63) is 35.1 Å². The van der Waals surface area contributed by atoms with Crippen LogP contribution >= 0.6 is 12.4 Å². The smallest absolute Gasteiger partial charge is 0.134 e. The minimum absolute atomic E-state index is 0. The van der Waals surface area contributed by atoms with Crippen LogP contribution in [0.2, 0.25) is 0 Å². The molecular weight excluding hydrogens is 269 g/mol. The maximum atomic E-state index is 13.8. The predicted molar refractivity (Wildman–Crippen MR) is 74.8 cm³/mol. The van der Waals surface area contributed by atoms with Crippen molar-refractivity contribution < 1.29 is 14.2 Å². The lowest BCUT2D eigenvalue weighted by molar-refractivity contribution is 0.0745. The standard InChI is InChI=1S/C14H20FNO2.ClH/c15-14-12(8-17)2-1-3-13(14)10-18-9-11-4-6-16-7-5-11;/h1-3,11,16-17H,4-10H2;1H. The second-order valence-corrected chi connectivity index (χ2v) is 4.76. The second-order valence-electron chi connectivity index (χ2n) is 4.76. The molecule has 0 amide bonds. The molecule has 19 heavy (non-hydrogen) atoms. The van der Waals surface area contributed by atoms with Crippen molar-refractivity contribution in [2.75, 3.05) is 19.7 Å². The van der Waals surface area contributed by atoms with Crippen molar-refractivity contribution in [1.29, 1.82) is 0 Å². The molecule has 0 saturated carbocycles. The summed E-state index contributed by atoms with van der Waals surface area (Å²) in [4.78, 5) is 0. The van der Waals surface area contributed by atoms with Crippen LogP contribution in [0.3, 0.4) is 0 Å². The van der Waals surface area contributed by atoms with E-state index in [-0.39, 0.29) is 31.4 Å². The van der Waals surface area contributed by atoms with Crippen LogP contribution < -0.4 is 5.32 Å². The van der Waals surface area contributed by atoms with Crippen LogP contribution in [0, 0.1) is 11.7 Å². The number of hydrogen-bond donors (Lipinski definition) is 2. The lowest BCUT2D eigenvalue weighted by atomic mass is 9.99. The van der Waals surface area contributed by atoms with Gasteiger partial charge in [0.25, 0.3) is 0 Å². The van der Waals surface area contributed by atoms with E-state index in [0.29, 0.717) is 23.7 Å². The number of hydrogen-bond acceptors (Lipinski definition) is 3. The second kappa shape index (κ2) is 8.48. The highest BCUT2D eigenvalue weighted by molar-refractivity contribution is 5.85. The molecule has 0 unspecified atom stereocenters. The SMILES string of the molecule is Cl.OCc1cccc(COCC2CCNCC2)c1F. The van der Waals surface area contributed by atoms with Crippen LogP contribution in [-0.4, -0.2) is 24.8 Å². The summed E-state index contributed by atoms with van der Waals surface area (Å²) < 4.78 is 19.4. The van der Waals surface area contributed by atoms with Gasteiger partial charge >= 0.3 is 0 Å². The molecule has 1 aliphatic heterocycles. The van der Waals surface area contributed by atoms with Crippen LogP contribution in [0.1, 0.15) is 24.0 Å². The van der Waals surface area contributed by atoms with E-state index in [0.717, 1.165) is 25.9 Å². The zero-order valence-electron chi connectivity index (χ0n) is 10.9. The summed E-state index contributed by atoms with van der Waals surface area (Å²) in [7, 11) is 0. The Hall–Kier alpha value is -0.680. The number of piperidine rings is 1. The van der Waals surface area contributed by atoms with Gasteiger partial charge in [-0.05, 0) is 31.8 Å². The fourth-order valence-electron chi connectivity index (χ4n) is 2.25. The zero-order chi connectivity index (χ0) is 12.8. The highest BCUT2D eigenvalue weighted by atomic mass is 35.5. The molecule has 0 aromatic heterocycles. The monoisotopic (exact) mass is 289 g/mol. The molecule has 2 rings (SSSR count). The maximum Gasteiger partial charge on any atom is 0.134 e. The molecule has 108 valence electrons. The van der Waals surface area contributed by atoms with E-state index in [1.165, 1.54) is 0 Å². The Morgan fingerprint density at radius 1 is 1.26 bits per heavy atom. The number of halogens is 2. The highest BCUT2D eigenvalue weighted by Crippen LogP contribution is 2.16. The Balaban J connectivity index is 0.00000180. The van der Waals surface area contributed by atoms with Crippen molar-refractivity contribution in [2.24, 2.45) is 5.92 Å². The summed E-state index contributed by atoms with van der Waals surface area (Å²) in [5.41, 5.74) is 0.855. The fourth-order valence-corrected chi connectivity index (χ4v) is 2.25. The molecule has 1 fully saturated rings. The Bertz CT molecular complexity index is 384. The number of rotatable bonds is 5. The molecule has 1 heterocycles. The van der Waals surface area contributed by atoms with Gasteiger partial charge < -0.3 is 15.2 Å². The quantitative estimate of drug-likeness (QED) is 0.874. The summed E-state index contributed by atoms with van der Waals surface area (Å²) in [6.45, 7) is 2.78. The number of benzene rings is 1.